The van der Waals surface area contributed by atoms with Gasteiger partial charge in [0.1, 0.15) is 11.3 Å². The van der Waals surface area contributed by atoms with Crippen LogP contribution >= 0.6 is 11.9 Å². The molecule has 1 saturated heterocycles. The van der Waals surface area contributed by atoms with E-state index in [1.165, 1.54) is 28.6 Å². The van der Waals surface area contributed by atoms with Crippen molar-refractivity contribution in [2.75, 3.05) is 24.5 Å². The summed E-state index contributed by atoms with van der Waals surface area (Å²) in [5, 5.41) is 0. The lowest BCUT2D eigenvalue weighted by molar-refractivity contribution is 0.0383. The van der Waals surface area contributed by atoms with Crippen LogP contribution < -0.4 is 9.46 Å². The number of rotatable bonds is 6. The van der Waals surface area contributed by atoms with Gasteiger partial charge < -0.3 is 13.9 Å². The topological polar surface area (TPSA) is 95.2 Å². The van der Waals surface area contributed by atoms with E-state index in [1.807, 2.05) is 18.3 Å². The molecule has 0 radical (unpaired) electrons. The molecule has 8 nitrogen and oxygen atoms in total. The van der Waals surface area contributed by atoms with E-state index in [9.17, 15) is 0 Å². The third-order valence-electron chi connectivity index (χ3n) is 9.20. The molecule has 0 amide bonds. The monoisotopic (exact) mass is 663 g/mol. The summed E-state index contributed by atoms with van der Waals surface area (Å²) in [5.74, 6) is 3.09. The Morgan fingerprint density at radius 1 is 0.979 bits per heavy atom. The van der Waals surface area contributed by atoms with Crippen molar-refractivity contribution in [1.82, 2.24) is 19.9 Å². The molecule has 3 atom stereocenters. The predicted octanol–water partition coefficient (Wildman–Crippen LogP) is 9.49. The highest BCUT2D eigenvalue weighted by Crippen LogP contribution is 2.38. The maximum atomic E-state index is 6.66. The summed E-state index contributed by atoms with van der Waals surface area (Å²) >= 11 is 1.52. The summed E-state index contributed by atoms with van der Waals surface area (Å²) in [7, 11) is 0. The lowest BCUT2D eigenvalue weighted by Crippen LogP contribution is -2.28. The van der Waals surface area contributed by atoms with E-state index >= 15 is 0 Å². The molecule has 3 unspecified atom stereocenters. The molecule has 0 aliphatic carbocycles. The molecular formula is C39H45N5O3S. The standard InChI is InChI=1S/C37H41N5O3S.C2H4/c1-22(2)33-17-32-36(45-33)38-19-28(39-32)16-30-26-11-6-12-29(15-26)46-42-37-40-31(35-23(3)8-5-9-24(35)4)18-34(41-37)44-21-27(30)14-25-10-7-13-43-20-25;1-2/h5-6,8-9,11-12,15,17-19,22,25,27,30H,7,10,13-14,16,20-21H2,1-4H3,(H,40,41,42);1-2H2. The third kappa shape index (κ3) is 7.74. The Morgan fingerprint density at radius 3 is 2.56 bits per heavy atom. The second-order valence-electron chi connectivity index (χ2n) is 13.0. The van der Waals surface area contributed by atoms with Crippen LogP contribution in [0.2, 0.25) is 0 Å². The first-order valence-corrected chi connectivity index (χ1v) is 17.7. The minimum absolute atomic E-state index is 0.143. The van der Waals surface area contributed by atoms with Crippen LogP contribution in [0.4, 0.5) is 5.95 Å². The lowest BCUT2D eigenvalue weighted by atomic mass is 9.77. The fourth-order valence-corrected chi connectivity index (χ4v) is 7.45. The summed E-state index contributed by atoms with van der Waals surface area (Å²) in [6, 6.07) is 19.1. The smallest absolute Gasteiger partial charge is 0.245 e. The molecule has 3 aromatic heterocycles. The van der Waals surface area contributed by atoms with Gasteiger partial charge >= 0.3 is 0 Å². The van der Waals surface area contributed by atoms with E-state index in [2.05, 4.69) is 93.0 Å². The van der Waals surface area contributed by atoms with Gasteiger partial charge in [0, 0.05) is 47.6 Å². The summed E-state index contributed by atoms with van der Waals surface area (Å²) in [6.45, 7) is 16.6. The average Bonchev–Trinajstić information content (AvgIpc) is 3.54. The second-order valence-corrected chi connectivity index (χ2v) is 13.9. The first-order chi connectivity index (χ1) is 23.4. The largest absolute Gasteiger partial charge is 0.477 e. The summed E-state index contributed by atoms with van der Waals surface area (Å²) in [6.07, 6.45) is 5.85. The number of ether oxygens (including phenoxy) is 2. The van der Waals surface area contributed by atoms with E-state index in [-0.39, 0.29) is 17.8 Å². The molecule has 2 aromatic carbocycles. The number of nitrogens with one attached hydrogen (secondary N) is 1. The molecule has 250 valence electrons. The van der Waals surface area contributed by atoms with E-state index in [4.69, 9.17) is 28.8 Å². The van der Waals surface area contributed by atoms with Gasteiger partial charge in [0.25, 0.3) is 0 Å². The second kappa shape index (κ2) is 15.3. The van der Waals surface area contributed by atoms with Crippen LogP contribution in [0, 0.1) is 25.7 Å². The van der Waals surface area contributed by atoms with E-state index < -0.39 is 0 Å². The van der Waals surface area contributed by atoms with Gasteiger partial charge in [-0.1, -0.05) is 44.2 Å². The first-order valence-electron chi connectivity index (χ1n) is 16.8. The summed E-state index contributed by atoms with van der Waals surface area (Å²) < 4.78 is 22.0. The zero-order chi connectivity index (χ0) is 33.6. The Labute approximate surface area is 288 Å². The average molecular weight is 664 g/mol. The van der Waals surface area contributed by atoms with Crippen molar-refractivity contribution in [3.05, 3.63) is 102 Å². The summed E-state index contributed by atoms with van der Waals surface area (Å²) in [4.78, 5) is 20.6. The van der Waals surface area contributed by atoms with Gasteiger partial charge in [-0.25, -0.2) is 15.0 Å². The quantitative estimate of drug-likeness (QED) is 0.141. The molecule has 7 rings (SSSR count). The van der Waals surface area contributed by atoms with Gasteiger partial charge in [-0.05, 0) is 92.1 Å². The molecule has 48 heavy (non-hydrogen) atoms. The number of aromatic nitrogens is 4. The maximum Gasteiger partial charge on any atom is 0.245 e. The van der Waals surface area contributed by atoms with Crippen LogP contribution in [-0.4, -0.2) is 39.8 Å². The number of aryl methyl sites for hydroxylation is 2. The van der Waals surface area contributed by atoms with Crippen LogP contribution in [0.1, 0.15) is 73.1 Å². The SMILES string of the molecule is C=C.Cc1cccc(C)c1-c1cc2nc(n1)NSc1cccc(c1)C(Cc1cnc3oc(C(C)C)cc3n1)C(CC1CCCOC1)CO2. The van der Waals surface area contributed by atoms with Crippen LogP contribution in [-0.2, 0) is 11.2 Å². The number of benzene rings is 2. The molecule has 2 aliphatic rings. The molecule has 0 saturated carbocycles. The predicted molar refractivity (Wildman–Crippen MR) is 194 cm³/mol. The molecular weight excluding hydrogens is 619 g/mol. The Hall–Kier alpha value is -4.21. The van der Waals surface area contributed by atoms with Gasteiger partial charge in [0.05, 0.1) is 24.2 Å². The Kier molecular flexibility index (Phi) is 10.8. The van der Waals surface area contributed by atoms with Gasteiger partial charge in [0.2, 0.25) is 17.5 Å². The van der Waals surface area contributed by atoms with Crippen molar-refractivity contribution < 1.29 is 13.9 Å². The van der Waals surface area contributed by atoms with Crippen LogP contribution in [0.5, 0.6) is 5.88 Å². The van der Waals surface area contributed by atoms with E-state index in [0.29, 0.717) is 30.1 Å². The van der Waals surface area contributed by atoms with Crippen molar-refractivity contribution in [2.45, 2.75) is 70.1 Å². The van der Waals surface area contributed by atoms with Gasteiger partial charge in [-0.15, -0.1) is 13.2 Å². The Morgan fingerprint density at radius 2 is 1.79 bits per heavy atom. The van der Waals surface area contributed by atoms with Crippen LogP contribution in [0.25, 0.3) is 22.5 Å². The van der Waals surface area contributed by atoms with E-state index in [0.717, 1.165) is 72.0 Å². The van der Waals surface area contributed by atoms with Crippen LogP contribution in [0.3, 0.4) is 0 Å². The fourth-order valence-electron chi connectivity index (χ4n) is 6.81. The maximum absolute atomic E-state index is 6.66. The lowest BCUT2D eigenvalue weighted by Gasteiger charge is -2.32. The number of anilines is 1. The molecule has 1 fully saturated rings. The number of furan rings is 1. The van der Waals surface area contributed by atoms with E-state index in [1.54, 1.807) is 0 Å². The van der Waals surface area contributed by atoms with Crippen molar-refractivity contribution in [2.24, 2.45) is 11.8 Å². The highest BCUT2D eigenvalue weighted by Gasteiger charge is 2.30. The molecule has 0 spiro atoms. The third-order valence-corrected chi connectivity index (χ3v) is 9.97. The zero-order valence-electron chi connectivity index (χ0n) is 28.4. The molecule has 2 aliphatic heterocycles. The van der Waals surface area contributed by atoms with Crippen molar-refractivity contribution in [3.8, 4) is 17.1 Å². The number of hydrogen-bond acceptors (Lipinski definition) is 9. The van der Waals surface area contributed by atoms with Crippen molar-refractivity contribution in [3.63, 3.8) is 0 Å². The van der Waals surface area contributed by atoms with Crippen LogP contribution in [0.15, 0.2) is 83.3 Å². The van der Waals surface area contributed by atoms with Gasteiger partial charge in [-0.3, -0.25) is 4.72 Å². The number of hydrogen-bond donors (Lipinski definition) is 1. The minimum Gasteiger partial charge on any atom is -0.477 e. The minimum atomic E-state index is 0.143. The van der Waals surface area contributed by atoms with Gasteiger partial charge in [-0.2, -0.15) is 4.98 Å². The molecule has 5 aromatic rings. The molecule has 9 heteroatoms. The fraction of sp³-hybridized carbons (Fsp3) is 0.385. The molecule has 1 N–H and O–H groups in total. The Bertz CT molecular complexity index is 1830. The molecule has 4 bridgehead atoms. The Balaban J connectivity index is 0.00000197. The molecule has 5 heterocycles. The van der Waals surface area contributed by atoms with Gasteiger partial charge in [0.15, 0.2) is 0 Å². The zero-order valence-corrected chi connectivity index (χ0v) is 29.2. The van der Waals surface area contributed by atoms with Crippen molar-refractivity contribution >= 4 is 29.1 Å². The highest BCUT2D eigenvalue weighted by molar-refractivity contribution is 8.00. The first kappa shape index (κ1) is 33.7. The summed E-state index contributed by atoms with van der Waals surface area (Å²) in [5.41, 5.74) is 7.91. The highest BCUT2D eigenvalue weighted by atomic mass is 32.2. The van der Waals surface area contributed by atoms with Crippen molar-refractivity contribution in [1.29, 1.82) is 0 Å². The number of nitrogens with zero attached hydrogens (tertiary/aromatic N) is 4. The number of fused-ring (bicyclic) bond motifs is 5. The normalized spacial score (nSPS) is 19.3.